The smallest absolute Gasteiger partial charge is 0.407 e. The SMILES string of the molecule is CNCCNC(=O)OCc1ccc(C)cc1C. The van der Waals surface area contributed by atoms with Gasteiger partial charge in [0.25, 0.3) is 0 Å². The van der Waals surface area contributed by atoms with Crippen LogP contribution in [0.5, 0.6) is 0 Å². The van der Waals surface area contributed by atoms with E-state index in [2.05, 4.69) is 16.7 Å². The van der Waals surface area contributed by atoms with E-state index >= 15 is 0 Å². The van der Waals surface area contributed by atoms with Crippen LogP contribution >= 0.6 is 0 Å². The Bertz CT molecular complexity index is 378. The average molecular weight is 236 g/mol. The van der Waals surface area contributed by atoms with Crippen molar-refractivity contribution in [1.29, 1.82) is 0 Å². The van der Waals surface area contributed by atoms with Gasteiger partial charge in [-0.1, -0.05) is 23.8 Å². The summed E-state index contributed by atoms with van der Waals surface area (Å²) in [6.45, 7) is 5.69. The summed E-state index contributed by atoms with van der Waals surface area (Å²) >= 11 is 0. The van der Waals surface area contributed by atoms with Crippen LogP contribution in [0.3, 0.4) is 0 Å². The Kier molecular flexibility index (Phi) is 5.49. The second kappa shape index (κ2) is 6.91. The third-order valence-electron chi connectivity index (χ3n) is 2.50. The van der Waals surface area contributed by atoms with E-state index in [1.807, 2.05) is 33.0 Å². The molecule has 0 aliphatic rings. The van der Waals surface area contributed by atoms with Crippen LogP contribution in [0.25, 0.3) is 0 Å². The summed E-state index contributed by atoms with van der Waals surface area (Å²) in [7, 11) is 1.84. The fourth-order valence-corrected chi connectivity index (χ4v) is 1.49. The van der Waals surface area contributed by atoms with E-state index in [1.54, 1.807) is 0 Å². The van der Waals surface area contributed by atoms with Crippen molar-refractivity contribution in [3.8, 4) is 0 Å². The summed E-state index contributed by atoms with van der Waals surface area (Å²) in [5.41, 5.74) is 3.40. The highest BCUT2D eigenvalue weighted by molar-refractivity contribution is 5.67. The van der Waals surface area contributed by atoms with Gasteiger partial charge in [-0.05, 0) is 32.0 Å². The van der Waals surface area contributed by atoms with Crippen molar-refractivity contribution < 1.29 is 9.53 Å². The van der Waals surface area contributed by atoms with Gasteiger partial charge in [0.05, 0.1) is 0 Å². The van der Waals surface area contributed by atoms with Crippen molar-refractivity contribution in [3.63, 3.8) is 0 Å². The topological polar surface area (TPSA) is 50.4 Å². The first kappa shape index (κ1) is 13.5. The van der Waals surface area contributed by atoms with E-state index < -0.39 is 0 Å². The standard InChI is InChI=1S/C13H20N2O2/c1-10-4-5-12(11(2)8-10)9-17-13(16)15-7-6-14-3/h4-5,8,14H,6-7,9H2,1-3H3,(H,15,16). The van der Waals surface area contributed by atoms with E-state index in [1.165, 1.54) is 5.56 Å². The molecule has 94 valence electrons. The fourth-order valence-electron chi connectivity index (χ4n) is 1.49. The van der Waals surface area contributed by atoms with Gasteiger partial charge >= 0.3 is 6.09 Å². The molecular weight excluding hydrogens is 216 g/mol. The lowest BCUT2D eigenvalue weighted by molar-refractivity contribution is 0.139. The first-order valence-corrected chi connectivity index (χ1v) is 5.75. The van der Waals surface area contributed by atoms with Gasteiger partial charge in [-0.2, -0.15) is 0 Å². The number of likely N-dealkylation sites (N-methyl/N-ethyl adjacent to an activating group) is 1. The van der Waals surface area contributed by atoms with E-state index in [4.69, 9.17) is 4.74 Å². The monoisotopic (exact) mass is 236 g/mol. The van der Waals surface area contributed by atoms with Crippen molar-refractivity contribution in [2.24, 2.45) is 0 Å². The summed E-state index contributed by atoms with van der Waals surface area (Å²) in [6, 6.07) is 6.09. The van der Waals surface area contributed by atoms with Crippen LogP contribution in [-0.2, 0) is 11.3 Å². The molecule has 0 aromatic heterocycles. The molecule has 0 saturated carbocycles. The van der Waals surface area contributed by atoms with Crippen LogP contribution in [0.1, 0.15) is 16.7 Å². The van der Waals surface area contributed by atoms with Crippen molar-refractivity contribution in [2.75, 3.05) is 20.1 Å². The summed E-state index contributed by atoms with van der Waals surface area (Å²) in [5.74, 6) is 0. The highest BCUT2D eigenvalue weighted by Gasteiger charge is 2.03. The lowest BCUT2D eigenvalue weighted by Crippen LogP contribution is -2.30. The Balaban J connectivity index is 2.37. The van der Waals surface area contributed by atoms with Crippen molar-refractivity contribution >= 4 is 6.09 Å². The number of ether oxygens (including phenoxy) is 1. The Morgan fingerprint density at radius 3 is 2.71 bits per heavy atom. The number of carbonyl (C=O) groups is 1. The predicted octanol–water partition coefficient (Wildman–Crippen LogP) is 1.75. The second-order valence-electron chi connectivity index (χ2n) is 4.04. The van der Waals surface area contributed by atoms with Crippen LogP contribution in [0.4, 0.5) is 4.79 Å². The quantitative estimate of drug-likeness (QED) is 0.766. The number of carbonyl (C=O) groups excluding carboxylic acids is 1. The molecule has 1 aromatic carbocycles. The zero-order chi connectivity index (χ0) is 12.7. The Labute approximate surface area is 102 Å². The number of hydrogen-bond acceptors (Lipinski definition) is 3. The van der Waals surface area contributed by atoms with Crippen LogP contribution in [-0.4, -0.2) is 26.2 Å². The molecule has 4 heteroatoms. The second-order valence-corrected chi connectivity index (χ2v) is 4.04. The van der Waals surface area contributed by atoms with Gasteiger partial charge < -0.3 is 15.4 Å². The maximum atomic E-state index is 11.3. The van der Waals surface area contributed by atoms with Crippen molar-refractivity contribution in [2.45, 2.75) is 20.5 Å². The minimum Gasteiger partial charge on any atom is -0.445 e. The molecule has 0 aliphatic heterocycles. The van der Waals surface area contributed by atoms with Crippen LogP contribution in [0.15, 0.2) is 18.2 Å². The largest absolute Gasteiger partial charge is 0.445 e. The molecule has 17 heavy (non-hydrogen) atoms. The molecule has 0 saturated heterocycles. The Morgan fingerprint density at radius 1 is 1.29 bits per heavy atom. The van der Waals surface area contributed by atoms with Gasteiger partial charge in [-0.3, -0.25) is 0 Å². The zero-order valence-electron chi connectivity index (χ0n) is 10.7. The predicted molar refractivity (Wildman–Crippen MR) is 68.0 cm³/mol. The first-order chi connectivity index (χ1) is 8.13. The van der Waals surface area contributed by atoms with Crippen LogP contribution < -0.4 is 10.6 Å². The molecule has 0 bridgehead atoms. The Morgan fingerprint density at radius 2 is 2.06 bits per heavy atom. The minimum atomic E-state index is -0.375. The minimum absolute atomic E-state index is 0.317. The molecule has 1 amide bonds. The number of aryl methyl sites for hydroxylation is 2. The van der Waals surface area contributed by atoms with E-state index in [0.29, 0.717) is 13.2 Å². The molecule has 0 atom stereocenters. The maximum absolute atomic E-state index is 11.3. The third kappa shape index (κ3) is 4.87. The molecule has 1 rings (SSSR count). The summed E-state index contributed by atoms with van der Waals surface area (Å²) in [5, 5.41) is 5.60. The fraction of sp³-hybridized carbons (Fsp3) is 0.462. The molecule has 1 aromatic rings. The third-order valence-corrected chi connectivity index (χ3v) is 2.50. The zero-order valence-corrected chi connectivity index (χ0v) is 10.7. The number of nitrogens with one attached hydrogen (secondary N) is 2. The van der Waals surface area contributed by atoms with Crippen molar-refractivity contribution in [1.82, 2.24) is 10.6 Å². The average Bonchev–Trinajstić information content (AvgIpc) is 2.28. The molecule has 0 aliphatic carbocycles. The molecule has 0 spiro atoms. The maximum Gasteiger partial charge on any atom is 0.407 e. The summed E-state index contributed by atoms with van der Waals surface area (Å²) < 4.78 is 5.12. The van der Waals surface area contributed by atoms with Gasteiger partial charge in [0, 0.05) is 13.1 Å². The Hall–Kier alpha value is -1.55. The lowest BCUT2D eigenvalue weighted by Gasteiger charge is -2.09. The van der Waals surface area contributed by atoms with E-state index in [0.717, 1.165) is 17.7 Å². The van der Waals surface area contributed by atoms with E-state index in [9.17, 15) is 4.79 Å². The number of amides is 1. The highest BCUT2D eigenvalue weighted by atomic mass is 16.5. The first-order valence-electron chi connectivity index (χ1n) is 5.75. The molecular formula is C13H20N2O2. The molecule has 2 N–H and O–H groups in total. The van der Waals surface area contributed by atoms with Crippen LogP contribution in [0, 0.1) is 13.8 Å². The number of rotatable bonds is 5. The van der Waals surface area contributed by atoms with Gasteiger partial charge in [-0.25, -0.2) is 4.79 Å². The normalized spacial score (nSPS) is 10.1. The molecule has 0 unspecified atom stereocenters. The number of hydrogen-bond donors (Lipinski definition) is 2. The highest BCUT2D eigenvalue weighted by Crippen LogP contribution is 2.11. The molecule has 0 heterocycles. The number of alkyl carbamates (subject to hydrolysis) is 1. The van der Waals surface area contributed by atoms with Gasteiger partial charge in [0.2, 0.25) is 0 Å². The van der Waals surface area contributed by atoms with Gasteiger partial charge in [0.15, 0.2) is 0 Å². The molecule has 0 fully saturated rings. The molecule has 0 radical (unpaired) electrons. The van der Waals surface area contributed by atoms with Gasteiger partial charge in [0.1, 0.15) is 6.61 Å². The summed E-state index contributed by atoms with van der Waals surface area (Å²) in [6.07, 6.45) is -0.375. The van der Waals surface area contributed by atoms with Gasteiger partial charge in [-0.15, -0.1) is 0 Å². The number of benzene rings is 1. The van der Waals surface area contributed by atoms with E-state index in [-0.39, 0.29) is 6.09 Å². The van der Waals surface area contributed by atoms with Crippen molar-refractivity contribution in [3.05, 3.63) is 34.9 Å². The van der Waals surface area contributed by atoms with Crippen LogP contribution in [0.2, 0.25) is 0 Å². The molecule has 4 nitrogen and oxygen atoms in total. The lowest BCUT2D eigenvalue weighted by atomic mass is 10.1. The summed E-state index contributed by atoms with van der Waals surface area (Å²) in [4.78, 5) is 11.3.